The second kappa shape index (κ2) is 19.7. The molecule has 1 saturated heterocycles. The largest absolute Gasteiger partial charge is 0.377 e. The minimum absolute atomic E-state index is 0.0369. The Morgan fingerprint density at radius 3 is 2.38 bits per heavy atom. The lowest BCUT2D eigenvalue weighted by Gasteiger charge is -2.33. The molecule has 3 amide bonds. The number of hydrogen-bond acceptors (Lipinski definition) is 11. The fraction of sp³-hybridized carbons (Fsp3) is 0.750. The zero-order valence-electron chi connectivity index (χ0n) is 25.0. The molecule has 0 bridgehead atoms. The van der Waals surface area contributed by atoms with Gasteiger partial charge in [-0.3, -0.25) is 35.7 Å². The maximum absolute atomic E-state index is 13.7. The highest BCUT2D eigenvalue weighted by Gasteiger charge is 2.32. The van der Waals surface area contributed by atoms with E-state index in [1.54, 1.807) is 14.0 Å². The van der Waals surface area contributed by atoms with E-state index in [4.69, 9.17) is 11.5 Å². The van der Waals surface area contributed by atoms with Gasteiger partial charge < -0.3 is 37.6 Å². The van der Waals surface area contributed by atoms with Crippen molar-refractivity contribution in [3.63, 3.8) is 0 Å². The van der Waals surface area contributed by atoms with E-state index in [9.17, 15) is 24.6 Å². The van der Waals surface area contributed by atoms with Gasteiger partial charge in [0.2, 0.25) is 17.7 Å². The van der Waals surface area contributed by atoms with E-state index in [2.05, 4.69) is 37.2 Å². The summed E-state index contributed by atoms with van der Waals surface area (Å²) >= 11 is 0. The van der Waals surface area contributed by atoms with Crippen molar-refractivity contribution in [3.05, 3.63) is 24.3 Å². The predicted octanol–water partition coefficient (Wildman–Crippen LogP) is -2.47. The van der Waals surface area contributed by atoms with Gasteiger partial charge in [0.25, 0.3) is 0 Å². The van der Waals surface area contributed by atoms with Gasteiger partial charge in [0.05, 0.1) is 12.6 Å². The van der Waals surface area contributed by atoms with Gasteiger partial charge in [0.15, 0.2) is 0 Å². The van der Waals surface area contributed by atoms with E-state index in [0.29, 0.717) is 58.0 Å². The van der Waals surface area contributed by atoms with Crippen LogP contribution in [0.5, 0.6) is 0 Å². The van der Waals surface area contributed by atoms with Gasteiger partial charge in [-0.2, -0.15) is 0 Å². The number of nitrogens with one attached hydrogen (secondary N) is 7. The second-order valence-electron chi connectivity index (χ2n) is 10.9. The summed E-state index contributed by atoms with van der Waals surface area (Å²) in [6.07, 6.45) is 9.24. The standard InChI is InChI=1S/C28H53N9O5/c1-3-19-25(40)37-22(16-18-10-5-4-6-11-18)27(42)36-21(12-7-8-14-29)26(41)35-20(13-9-15-32-28(30)31-2)24(39)33-17-23(38)34-19/h4-6,10,18-22,24,26,28,31-33,35,39,41H,3,7-9,11-17,29-30H2,1-2H3,(H,34,38)(H,36,42)(H,37,40)/t18-,19-,20?,21-,22+,24+,26+,28-/m0/s1. The third kappa shape index (κ3) is 12.8. The maximum atomic E-state index is 13.7. The van der Waals surface area contributed by atoms with Gasteiger partial charge in [-0.15, -0.1) is 0 Å². The quantitative estimate of drug-likeness (QED) is 0.0790. The van der Waals surface area contributed by atoms with Crippen molar-refractivity contribution in [2.45, 2.75) is 101 Å². The van der Waals surface area contributed by atoms with Crippen LogP contribution in [0, 0.1) is 5.92 Å². The molecule has 2 rings (SSSR count). The zero-order valence-corrected chi connectivity index (χ0v) is 25.0. The van der Waals surface area contributed by atoms with Crippen LogP contribution in [0.15, 0.2) is 24.3 Å². The number of rotatable bonds is 13. The Kier molecular flexibility index (Phi) is 16.8. The molecule has 1 aliphatic heterocycles. The van der Waals surface area contributed by atoms with Crippen LogP contribution in [0.2, 0.25) is 0 Å². The van der Waals surface area contributed by atoms with Gasteiger partial charge in [-0.25, -0.2) is 0 Å². The molecular formula is C28H53N9O5. The molecule has 0 saturated carbocycles. The fourth-order valence-electron chi connectivity index (χ4n) is 5.00. The monoisotopic (exact) mass is 595 g/mol. The molecule has 0 spiro atoms. The smallest absolute Gasteiger partial charge is 0.243 e. The summed E-state index contributed by atoms with van der Waals surface area (Å²) in [5.74, 6) is -1.34. The third-order valence-electron chi connectivity index (χ3n) is 7.58. The van der Waals surface area contributed by atoms with E-state index in [1.165, 1.54) is 0 Å². The van der Waals surface area contributed by atoms with Crippen LogP contribution >= 0.6 is 0 Å². The molecule has 2 aliphatic rings. The Morgan fingerprint density at radius 2 is 1.71 bits per heavy atom. The average Bonchev–Trinajstić information content (AvgIpc) is 2.99. The van der Waals surface area contributed by atoms with E-state index < -0.39 is 54.3 Å². The van der Waals surface area contributed by atoms with E-state index in [1.807, 2.05) is 24.3 Å². The van der Waals surface area contributed by atoms with Gasteiger partial charge in [-0.1, -0.05) is 37.6 Å². The van der Waals surface area contributed by atoms with Gasteiger partial charge >= 0.3 is 0 Å². The van der Waals surface area contributed by atoms with Crippen LogP contribution in [0.3, 0.4) is 0 Å². The molecule has 1 unspecified atom stereocenters. The first kappa shape index (κ1) is 35.8. The van der Waals surface area contributed by atoms with Crippen LogP contribution < -0.4 is 48.7 Å². The van der Waals surface area contributed by atoms with E-state index in [0.717, 1.165) is 6.42 Å². The number of aliphatic hydroxyl groups excluding tert-OH is 2. The Balaban J connectivity index is 2.31. The summed E-state index contributed by atoms with van der Waals surface area (Å²) in [5.41, 5.74) is 11.5. The SMILES string of the molecule is CC[C@@H]1NC(=O)CN[C@H](O)C(CCCN[C@@H](N)NC)N[C@H](O)[C@H](CCCCN)NC(=O)[C@@H](C[C@H]2C=CC=CC2)NC1=O. The lowest BCUT2D eigenvalue weighted by atomic mass is 9.92. The molecule has 1 heterocycles. The number of carbonyl (C=O) groups is 3. The normalized spacial score (nSPS) is 30.5. The summed E-state index contributed by atoms with van der Waals surface area (Å²) in [5, 5.41) is 42.5. The van der Waals surface area contributed by atoms with Crippen molar-refractivity contribution in [3.8, 4) is 0 Å². The minimum atomic E-state index is -1.23. The molecule has 0 radical (unpaired) electrons. The van der Waals surface area contributed by atoms with Gasteiger partial charge in [-0.05, 0) is 71.0 Å². The van der Waals surface area contributed by atoms with Crippen molar-refractivity contribution in [2.75, 3.05) is 26.7 Å². The lowest BCUT2D eigenvalue weighted by Crippen LogP contribution is -2.60. The molecular weight excluding hydrogens is 542 g/mol. The van der Waals surface area contributed by atoms with Crippen molar-refractivity contribution in [1.82, 2.24) is 37.2 Å². The highest BCUT2D eigenvalue weighted by Crippen LogP contribution is 2.19. The molecule has 42 heavy (non-hydrogen) atoms. The topological polar surface area (TPSA) is 228 Å². The predicted molar refractivity (Wildman–Crippen MR) is 161 cm³/mol. The third-order valence-corrected chi connectivity index (χ3v) is 7.58. The maximum Gasteiger partial charge on any atom is 0.243 e. The number of allylic oxidation sites excluding steroid dienone is 4. The molecule has 0 aromatic rings. The van der Waals surface area contributed by atoms with E-state index in [-0.39, 0.29) is 18.8 Å². The summed E-state index contributed by atoms with van der Waals surface area (Å²) < 4.78 is 0. The molecule has 0 aromatic carbocycles. The summed E-state index contributed by atoms with van der Waals surface area (Å²) in [6, 6.07) is -3.14. The zero-order chi connectivity index (χ0) is 30.9. The van der Waals surface area contributed by atoms with Crippen LogP contribution in [-0.4, -0.2) is 97.5 Å². The first-order valence-electron chi connectivity index (χ1n) is 15.1. The number of aliphatic hydroxyl groups is 2. The Bertz CT molecular complexity index is 890. The molecule has 8 atom stereocenters. The molecule has 14 heteroatoms. The average molecular weight is 596 g/mol. The highest BCUT2D eigenvalue weighted by molar-refractivity contribution is 5.92. The molecule has 240 valence electrons. The number of unbranched alkanes of at least 4 members (excludes halogenated alkanes) is 1. The van der Waals surface area contributed by atoms with E-state index >= 15 is 0 Å². The number of amides is 3. The first-order valence-corrected chi connectivity index (χ1v) is 15.1. The van der Waals surface area contributed by atoms with Crippen LogP contribution in [0.4, 0.5) is 0 Å². The lowest BCUT2D eigenvalue weighted by molar-refractivity contribution is -0.132. The molecule has 13 N–H and O–H groups in total. The molecule has 14 nitrogen and oxygen atoms in total. The number of carbonyl (C=O) groups excluding carboxylic acids is 3. The van der Waals surface area contributed by atoms with Crippen LogP contribution in [0.1, 0.15) is 58.3 Å². The van der Waals surface area contributed by atoms with Gasteiger partial charge in [0.1, 0.15) is 30.8 Å². The van der Waals surface area contributed by atoms with Crippen molar-refractivity contribution in [2.24, 2.45) is 17.4 Å². The molecule has 0 aromatic heterocycles. The fourth-order valence-corrected chi connectivity index (χ4v) is 5.00. The Hall–Kier alpha value is -2.43. The molecule has 1 aliphatic carbocycles. The Labute approximate surface area is 249 Å². The highest BCUT2D eigenvalue weighted by atomic mass is 16.3. The number of nitrogens with two attached hydrogens (primary N) is 2. The van der Waals surface area contributed by atoms with Crippen LogP contribution in [0.25, 0.3) is 0 Å². The molecule has 1 fully saturated rings. The van der Waals surface area contributed by atoms with Crippen LogP contribution in [-0.2, 0) is 14.4 Å². The van der Waals surface area contributed by atoms with Crippen molar-refractivity contribution in [1.29, 1.82) is 0 Å². The van der Waals surface area contributed by atoms with Crippen molar-refractivity contribution >= 4 is 17.7 Å². The second-order valence-corrected chi connectivity index (χ2v) is 10.9. The summed E-state index contributed by atoms with van der Waals surface area (Å²) in [4.78, 5) is 39.6. The summed E-state index contributed by atoms with van der Waals surface area (Å²) in [6.45, 7) is 2.53. The summed E-state index contributed by atoms with van der Waals surface area (Å²) in [7, 11) is 1.73. The Morgan fingerprint density at radius 1 is 0.976 bits per heavy atom. The van der Waals surface area contributed by atoms with Crippen molar-refractivity contribution < 1.29 is 24.6 Å². The van der Waals surface area contributed by atoms with Gasteiger partial charge in [0, 0.05) is 6.04 Å². The first-order chi connectivity index (χ1) is 20.2. The number of hydrogen-bond donors (Lipinski definition) is 11. The minimum Gasteiger partial charge on any atom is -0.377 e.